The predicted octanol–water partition coefficient (Wildman–Crippen LogP) is 2.74. The van der Waals surface area contributed by atoms with E-state index in [2.05, 4.69) is 15.6 Å². The van der Waals surface area contributed by atoms with Gasteiger partial charge in [0.25, 0.3) is 0 Å². The number of aliphatic hydroxyl groups is 1. The third kappa shape index (κ3) is 5.85. The van der Waals surface area contributed by atoms with Gasteiger partial charge in [0.05, 0.1) is 6.54 Å². The summed E-state index contributed by atoms with van der Waals surface area (Å²) in [5, 5.41) is 17.3. The van der Waals surface area contributed by atoms with Gasteiger partial charge in [-0.25, -0.2) is 4.99 Å². The molecule has 0 aliphatic heterocycles. The van der Waals surface area contributed by atoms with E-state index in [0.717, 1.165) is 13.1 Å². The highest BCUT2D eigenvalue weighted by Crippen LogP contribution is 2.27. The van der Waals surface area contributed by atoms with E-state index in [4.69, 9.17) is 11.6 Å². The van der Waals surface area contributed by atoms with E-state index in [9.17, 15) is 5.11 Å². The fourth-order valence-electron chi connectivity index (χ4n) is 1.73. The SMILES string of the molecule is CCNC(=NCC(C)(O)c1ccccc1Cl)NCC.I. The van der Waals surface area contributed by atoms with Gasteiger partial charge in [0.2, 0.25) is 0 Å². The summed E-state index contributed by atoms with van der Waals surface area (Å²) < 4.78 is 0. The lowest BCUT2D eigenvalue weighted by Gasteiger charge is -2.23. The molecule has 1 aromatic rings. The van der Waals surface area contributed by atoms with Crippen molar-refractivity contribution in [2.75, 3.05) is 19.6 Å². The molecule has 6 heteroatoms. The van der Waals surface area contributed by atoms with Crippen LogP contribution < -0.4 is 10.6 Å². The Bertz CT molecular complexity index is 430. The van der Waals surface area contributed by atoms with Gasteiger partial charge in [-0.05, 0) is 26.8 Å². The molecule has 20 heavy (non-hydrogen) atoms. The van der Waals surface area contributed by atoms with Crippen LogP contribution in [0.3, 0.4) is 0 Å². The summed E-state index contributed by atoms with van der Waals surface area (Å²) in [6.45, 7) is 7.51. The fraction of sp³-hybridized carbons (Fsp3) is 0.500. The zero-order valence-electron chi connectivity index (χ0n) is 12.1. The molecule has 1 rings (SSSR count). The highest BCUT2D eigenvalue weighted by atomic mass is 127. The molecule has 0 aromatic heterocycles. The van der Waals surface area contributed by atoms with Crippen LogP contribution in [0, 0.1) is 0 Å². The molecule has 0 aliphatic rings. The van der Waals surface area contributed by atoms with E-state index in [-0.39, 0.29) is 30.5 Å². The van der Waals surface area contributed by atoms with Crippen LogP contribution in [0.25, 0.3) is 0 Å². The Morgan fingerprint density at radius 3 is 2.30 bits per heavy atom. The molecule has 114 valence electrons. The lowest BCUT2D eigenvalue weighted by atomic mass is 9.96. The number of benzene rings is 1. The summed E-state index contributed by atoms with van der Waals surface area (Å²) in [5.41, 5.74) is -0.401. The number of hydrogen-bond donors (Lipinski definition) is 3. The van der Waals surface area contributed by atoms with E-state index in [1.807, 2.05) is 32.0 Å². The molecule has 0 aliphatic carbocycles. The highest BCUT2D eigenvalue weighted by molar-refractivity contribution is 14.0. The van der Waals surface area contributed by atoms with Crippen molar-refractivity contribution in [2.24, 2.45) is 4.99 Å². The maximum atomic E-state index is 10.5. The Labute approximate surface area is 143 Å². The summed E-state index contributed by atoms with van der Waals surface area (Å²) >= 11 is 6.11. The lowest BCUT2D eigenvalue weighted by Crippen LogP contribution is -2.38. The molecule has 1 atom stereocenters. The molecule has 0 amide bonds. The third-order valence-electron chi connectivity index (χ3n) is 2.69. The van der Waals surface area contributed by atoms with Crippen LogP contribution in [0.4, 0.5) is 0 Å². The van der Waals surface area contributed by atoms with Crippen molar-refractivity contribution in [1.29, 1.82) is 0 Å². The second kappa shape index (κ2) is 9.41. The number of aliphatic imine (C=N–C) groups is 1. The lowest BCUT2D eigenvalue weighted by molar-refractivity contribution is 0.0673. The van der Waals surface area contributed by atoms with Crippen molar-refractivity contribution in [3.8, 4) is 0 Å². The monoisotopic (exact) mass is 411 g/mol. The highest BCUT2D eigenvalue weighted by Gasteiger charge is 2.25. The minimum Gasteiger partial charge on any atom is -0.383 e. The van der Waals surface area contributed by atoms with Gasteiger partial charge in [-0.2, -0.15) is 0 Å². The molecular formula is C14H23ClIN3O. The van der Waals surface area contributed by atoms with Crippen molar-refractivity contribution in [3.63, 3.8) is 0 Å². The molecule has 0 saturated carbocycles. The average Bonchev–Trinajstić information content (AvgIpc) is 2.37. The Kier molecular flexibility index (Phi) is 9.16. The van der Waals surface area contributed by atoms with Gasteiger partial charge in [0.1, 0.15) is 5.60 Å². The van der Waals surface area contributed by atoms with Crippen LogP contribution in [0.5, 0.6) is 0 Å². The molecule has 0 saturated heterocycles. The second-order valence-corrected chi connectivity index (χ2v) is 4.89. The first-order valence-corrected chi connectivity index (χ1v) is 6.88. The van der Waals surface area contributed by atoms with E-state index in [0.29, 0.717) is 16.5 Å². The Balaban J connectivity index is 0.00000361. The molecule has 1 aromatic carbocycles. The number of guanidine groups is 1. The summed E-state index contributed by atoms with van der Waals surface area (Å²) in [6.07, 6.45) is 0. The third-order valence-corrected chi connectivity index (χ3v) is 3.02. The van der Waals surface area contributed by atoms with Gasteiger partial charge in [-0.1, -0.05) is 29.8 Å². The zero-order chi connectivity index (χ0) is 14.3. The summed E-state index contributed by atoms with van der Waals surface area (Å²) in [4.78, 5) is 4.38. The van der Waals surface area contributed by atoms with Crippen molar-refractivity contribution >= 4 is 41.5 Å². The molecule has 3 N–H and O–H groups in total. The number of rotatable bonds is 5. The molecule has 1 unspecified atom stereocenters. The van der Waals surface area contributed by atoms with Gasteiger partial charge < -0.3 is 15.7 Å². The minimum absolute atomic E-state index is 0. The number of halogens is 2. The fourth-order valence-corrected chi connectivity index (χ4v) is 2.06. The quantitative estimate of drug-likeness (QED) is 0.397. The van der Waals surface area contributed by atoms with Crippen molar-refractivity contribution in [3.05, 3.63) is 34.9 Å². The first kappa shape index (κ1) is 19.5. The van der Waals surface area contributed by atoms with Gasteiger partial charge in [0, 0.05) is 23.7 Å². The van der Waals surface area contributed by atoms with Crippen LogP contribution in [-0.2, 0) is 5.60 Å². The number of hydrogen-bond acceptors (Lipinski definition) is 2. The predicted molar refractivity (Wildman–Crippen MR) is 96.1 cm³/mol. The average molecular weight is 412 g/mol. The van der Waals surface area contributed by atoms with Gasteiger partial charge in [-0.15, -0.1) is 24.0 Å². The van der Waals surface area contributed by atoms with Crippen LogP contribution in [0.15, 0.2) is 29.3 Å². The molecule has 0 fully saturated rings. The summed E-state index contributed by atoms with van der Waals surface area (Å²) in [7, 11) is 0. The molecule has 0 bridgehead atoms. The van der Waals surface area contributed by atoms with Gasteiger partial charge in [-0.3, -0.25) is 0 Å². The molecular weight excluding hydrogens is 389 g/mol. The van der Waals surface area contributed by atoms with Crippen molar-refractivity contribution in [1.82, 2.24) is 10.6 Å². The van der Waals surface area contributed by atoms with Crippen LogP contribution in [0.2, 0.25) is 5.02 Å². The largest absolute Gasteiger partial charge is 0.383 e. The van der Waals surface area contributed by atoms with Crippen molar-refractivity contribution < 1.29 is 5.11 Å². The summed E-state index contributed by atoms with van der Waals surface area (Å²) in [5.74, 6) is 0.692. The minimum atomic E-state index is -1.09. The Morgan fingerprint density at radius 1 is 1.25 bits per heavy atom. The normalized spacial score (nSPS) is 12.8. The van der Waals surface area contributed by atoms with Crippen molar-refractivity contribution in [2.45, 2.75) is 26.4 Å². The summed E-state index contributed by atoms with van der Waals surface area (Å²) in [6, 6.07) is 7.28. The van der Waals surface area contributed by atoms with E-state index >= 15 is 0 Å². The maximum absolute atomic E-state index is 10.5. The van der Waals surface area contributed by atoms with Gasteiger partial charge >= 0.3 is 0 Å². The van der Waals surface area contributed by atoms with E-state index in [1.54, 1.807) is 13.0 Å². The van der Waals surface area contributed by atoms with Crippen LogP contribution in [0.1, 0.15) is 26.3 Å². The topological polar surface area (TPSA) is 56.7 Å². The maximum Gasteiger partial charge on any atom is 0.191 e. The zero-order valence-corrected chi connectivity index (χ0v) is 15.2. The second-order valence-electron chi connectivity index (χ2n) is 4.48. The van der Waals surface area contributed by atoms with Crippen LogP contribution in [-0.4, -0.2) is 30.7 Å². The number of nitrogens with zero attached hydrogens (tertiary/aromatic N) is 1. The van der Waals surface area contributed by atoms with Crippen LogP contribution >= 0.6 is 35.6 Å². The van der Waals surface area contributed by atoms with E-state index in [1.165, 1.54) is 0 Å². The smallest absolute Gasteiger partial charge is 0.191 e. The Morgan fingerprint density at radius 2 is 1.80 bits per heavy atom. The first-order valence-electron chi connectivity index (χ1n) is 6.50. The molecule has 0 radical (unpaired) electrons. The molecule has 0 spiro atoms. The standard InChI is InChI=1S/C14H22ClN3O.HI/c1-4-16-13(17-5-2)18-10-14(3,19)11-8-6-7-9-12(11)15;/h6-9,19H,4-5,10H2,1-3H3,(H2,16,17,18);1H. The molecule has 0 heterocycles. The molecule has 4 nitrogen and oxygen atoms in total. The van der Waals surface area contributed by atoms with E-state index < -0.39 is 5.60 Å². The number of nitrogens with one attached hydrogen (secondary N) is 2. The first-order chi connectivity index (χ1) is 9.01. The van der Waals surface area contributed by atoms with Gasteiger partial charge in [0.15, 0.2) is 5.96 Å². The Hall–Kier alpha value is -0.530.